The van der Waals surface area contributed by atoms with E-state index in [2.05, 4.69) is 39.4 Å². The molecule has 1 aliphatic carbocycles. The summed E-state index contributed by atoms with van der Waals surface area (Å²) in [6.07, 6.45) is 5.55. The average Bonchev–Trinajstić information content (AvgIpc) is 3.06. The quantitative estimate of drug-likeness (QED) is 0.664. The molecule has 0 saturated heterocycles. The Labute approximate surface area is 125 Å². The molecule has 0 aromatic carbocycles. The minimum atomic E-state index is 0.00687. The van der Waals surface area contributed by atoms with Crippen LogP contribution in [-0.2, 0) is 19.4 Å². The molecule has 19 heavy (non-hydrogen) atoms. The molecule has 0 fully saturated rings. The number of fused-ring (bicyclic) bond motifs is 1. The first-order valence-corrected chi connectivity index (χ1v) is 8.14. The fourth-order valence-corrected chi connectivity index (χ4v) is 4.55. The summed E-state index contributed by atoms with van der Waals surface area (Å²) in [7, 11) is 0. The molecule has 2 heterocycles. The highest BCUT2D eigenvalue weighted by Gasteiger charge is 2.25. The number of nitrogens with one attached hydrogen (secondary N) is 1. The standard InChI is InChI=1S/C13H17BrN4S/c1-2-18-13(9(14)7-16-18)12(17-15)11-6-8-4-3-5-10(8)19-11/h6-7,12,17H,2-5,15H2,1H3. The third-order valence-electron chi connectivity index (χ3n) is 3.62. The summed E-state index contributed by atoms with van der Waals surface area (Å²) in [6.45, 7) is 2.93. The van der Waals surface area contributed by atoms with Gasteiger partial charge in [0.2, 0.25) is 0 Å². The lowest BCUT2D eigenvalue weighted by atomic mass is 10.1. The predicted molar refractivity (Wildman–Crippen MR) is 81.1 cm³/mol. The molecule has 0 spiro atoms. The third kappa shape index (κ3) is 2.27. The molecule has 3 rings (SSSR count). The van der Waals surface area contributed by atoms with Crippen molar-refractivity contribution in [3.8, 4) is 0 Å². The SMILES string of the molecule is CCn1ncc(Br)c1C(NN)c1cc2c(s1)CCC2. The van der Waals surface area contributed by atoms with E-state index in [9.17, 15) is 0 Å². The number of rotatable bonds is 4. The topological polar surface area (TPSA) is 55.9 Å². The van der Waals surface area contributed by atoms with Gasteiger partial charge in [-0.25, -0.2) is 5.43 Å². The van der Waals surface area contributed by atoms with Crippen LogP contribution in [0.5, 0.6) is 0 Å². The monoisotopic (exact) mass is 340 g/mol. The van der Waals surface area contributed by atoms with E-state index in [1.807, 2.05) is 22.2 Å². The summed E-state index contributed by atoms with van der Waals surface area (Å²) in [6, 6.07) is 2.31. The van der Waals surface area contributed by atoms with Crippen molar-refractivity contribution >= 4 is 27.3 Å². The van der Waals surface area contributed by atoms with E-state index in [0.717, 1.165) is 16.7 Å². The maximum atomic E-state index is 5.80. The Bertz CT molecular complexity index is 568. The van der Waals surface area contributed by atoms with Gasteiger partial charge in [-0.1, -0.05) is 0 Å². The van der Waals surface area contributed by atoms with E-state index in [1.54, 1.807) is 0 Å². The van der Waals surface area contributed by atoms with Crippen molar-refractivity contribution in [3.63, 3.8) is 0 Å². The van der Waals surface area contributed by atoms with Crippen molar-refractivity contribution in [1.82, 2.24) is 15.2 Å². The largest absolute Gasteiger partial charge is 0.270 e. The number of aryl methyl sites for hydroxylation is 3. The molecule has 0 saturated carbocycles. The van der Waals surface area contributed by atoms with Crippen molar-refractivity contribution in [3.05, 3.63) is 37.7 Å². The minimum Gasteiger partial charge on any atom is -0.270 e. The summed E-state index contributed by atoms with van der Waals surface area (Å²) >= 11 is 5.46. The molecule has 2 aromatic rings. The molecule has 0 radical (unpaired) electrons. The Morgan fingerprint density at radius 1 is 1.58 bits per heavy atom. The van der Waals surface area contributed by atoms with Crippen molar-refractivity contribution in [2.45, 2.75) is 38.8 Å². The summed E-state index contributed by atoms with van der Waals surface area (Å²) in [4.78, 5) is 2.80. The van der Waals surface area contributed by atoms with Gasteiger partial charge >= 0.3 is 0 Å². The Morgan fingerprint density at radius 2 is 2.42 bits per heavy atom. The molecular weight excluding hydrogens is 324 g/mol. The summed E-state index contributed by atoms with van der Waals surface area (Å²) in [5.41, 5.74) is 5.55. The first kappa shape index (κ1) is 13.3. The lowest BCUT2D eigenvalue weighted by molar-refractivity contribution is 0.546. The maximum absolute atomic E-state index is 5.80. The molecule has 0 aliphatic heterocycles. The zero-order valence-corrected chi connectivity index (χ0v) is 13.2. The number of thiophene rings is 1. The lowest BCUT2D eigenvalue weighted by Gasteiger charge is -2.16. The van der Waals surface area contributed by atoms with Crippen LogP contribution in [0.2, 0.25) is 0 Å². The normalized spacial score (nSPS) is 15.7. The van der Waals surface area contributed by atoms with Crippen LogP contribution in [0.4, 0.5) is 0 Å². The van der Waals surface area contributed by atoms with E-state index in [-0.39, 0.29) is 6.04 Å². The zero-order valence-electron chi connectivity index (χ0n) is 10.8. The van der Waals surface area contributed by atoms with Crippen molar-refractivity contribution < 1.29 is 0 Å². The van der Waals surface area contributed by atoms with Gasteiger partial charge in [-0.15, -0.1) is 11.3 Å². The van der Waals surface area contributed by atoms with Gasteiger partial charge in [0.05, 0.1) is 22.4 Å². The first-order chi connectivity index (χ1) is 9.24. The smallest absolute Gasteiger partial charge is 0.0981 e. The second-order valence-corrected chi connectivity index (χ2v) is 6.77. The molecular formula is C13H17BrN4S. The third-order valence-corrected chi connectivity index (χ3v) is 5.54. The summed E-state index contributed by atoms with van der Waals surface area (Å²) in [5, 5.41) is 4.37. The lowest BCUT2D eigenvalue weighted by Crippen LogP contribution is -2.30. The highest BCUT2D eigenvalue weighted by molar-refractivity contribution is 9.10. The number of nitrogens with zero attached hydrogens (tertiary/aromatic N) is 2. The molecule has 1 aliphatic rings. The summed E-state index contributed by atoms with van der Waals surface area (Å²) in [5.74, 6) is 5.80. The van der Waals surface area contributed by atoms with Crippen LogP contribution in [0.1, 0.15) is 40.4 Å². The van der Waals surface area contributed by atoms with E-state index < -0.39 is 0 Å². The van der Waals surface area contributed by atoms with Crippen LogP contribution in [0.3, 0.4) is 0 Å². The first-order valence-electron chi connectivity index (χ1n) is 6.53. The fourth-order valence-electron chi connectivity index (χ4n) is 2.70. The van der Waals surface area contributed by atoms with E-state index >= 15 is 0 Å². The van der Waals surface area contributed by atoms with Gasteiger partial charge in [0.15, 0.2) is 0 Å². The fraction of sp³-hybridized carbons (Fsp3) is 0.462. The highest BCUT2D eigenvalue weighted by atomic mass is 79.9. The van der Waals surface area contributed by atoms with Crippen LogP contribution in [0, 0.1) is 0 Å². The molecule has 6 heteroatoms. The van der Waals surface area contributed by atoms with E-state index in [1.165, 1.54) is 34.6 Å². The van der Waals surface area contributed by atoms with Gasteiger partial charge in [-0.3, -0.25) is 10.5 Å². The van der Waals surface area contributed by atoms with Crippen molar-refractivity contribution in [2.75, 3.05) is 0 Å². The molecule has 2 aromatic heterocycles. The van der Waals surface area contributed by atoms with Gasteiger partial charge in [0.25, 0.3) is 0 Å². The second-order valence-electron chi connectivity index (χ2n) is 4.74. The van der Waals surface area contributed by atoms with Gasteiger partial charge in [-0.05, 0) is 53.7 Å². The number of hydrogen-bond acceptors (Lipinski definition) is 4. The van der Waals surface area contributed by atoms with Crippen LogP contribution in [-0.4, -0.2) is 9.78 Å². The van der Waals surface area contributed by atoms with Gasteiger partial charge in [0.1, 0.15) is 0 Å². The van der Waals surface area contributed by atoms with Crippen LogP contribution in [0.15, 0.2) is 16.7 Å². The Kier molecular flexibility index (Phi) is 3.75. The van der Waals surface area contributed by atoms with Crippen LogP contribution < -0.4 is 11.3 Å². The highest BCUT2D eigenvalue weighted by Crippen LogP contribution is 2.37. The van der Waals surface area contributed by atoms with E-state index in [4.69, 9.17) is 5.84 Å². The maximum Gasteiger partial charge on any atom is 0.0981 e. The van der Waals surface area contributed by atoms with Crippen molar-refractivity contribution in [1.29, 1.82) is 0 Å². The molecule has 0 amide bonds. The van der Waals surface area contributed by atoms with Crippen LogP contribution in [0.25, 0.3) is 0 Å². The molecule has 4 nitrogen and oxygen atoms in total. The number of hydrazine groups is 1. The molecule has 1 atom stereocenters. The minimum absolute atomic E-state index is 0.00687. The molecule has 3 N–H and O–H groups in total. The summed E-state index contributed by atoms with van der Waals surface area (Å²) < 4.78 is 2.99. The van der Waals surface area contributed by atoms with Gasteiger partial charge < -0.3 is 0 Å². The number of halogens is 1. The Morgan fingerprint density at radius 3 is 3.11 bits per heavy atom. The van der Waals surface area contributed by atoms with Crippen LogP contribution >= 0.6 is 27.3 Å². The second kappa shape index (κ2) is 5.36. The number of aromatic nitrogens is 2. The number of hydrogen-bond donors (Lipinski definition) is 2. The Balaban J connectivity index is 2.01. The Hall–Kier alpha value is -0.690. The van der Waals surface area contributed by atoms with Gasteiger partial charge in [-0.2, -0.15) is 5.10 Å². The molecule has 0 bridgehead atoms. The van der Waals surface area contributed by atoms with Crippen molar-refractivity contribution in [2.24, 2.45) is 5.84 Å². The number of nitrogens with two attached hydrogens (primary N) is 1. The predicted octanol–water partition coefficient (Wildman–Crippen LogP) is 2.77. The molecule has 102 valence electrons. The molecule has 1 unspecified atom stereocenters. The van der Waals surface area contributed by atoms with Gasteiger partial charge in [0, 0.05) is 16.3 Å². The average molecular weight is 341 g/mol. The zero-order chi connectivity index (χ0) is 13.4. The van der Waals surface area contributed by atoms with E-state index in [0.29, 0.717) is 0 Å².